The highest BCUT2D eigenvalue weighted by Gasteiger charge is 2.36. The van der Waals surface area contributed by atoms with Gasteiger partial charge in [-0.25, -0.2) is 9.97 Å². The van der Waals surface area contributed by atoms with Crippen LogP contribution in [0.4, 0.5) is 36.3 Å². The van der Waals surface area contributed by atoms with Gasteiger partial charge in [0, 0.05) is 19.8 Å². The topological polar surface area (TPSA) is 154 Å². The molecule has 46 heavy (non-hydrogen) atoms. The molecule has 3 aromatic heterocycles. The molecule has 0 unspecified atom stereocenters. The Morgan fingerprint density at radius 3 is 2.67 bits per heavy atom. The number of aromatic nitrogens is 5. The number of nitrogens with zero attached hydrogens (tertiary/aromatic N) is 5. The first-order valence-corrected chi connectivity index (χ1v) is 16.0. The van der Waals surface area contributed by atoms with Gasteiger partial charge in [0.15, 0.2) is 5.69 Å². The minimum atomic E-state index is -4.84. The van der Waals surface area contributed by atoms with E-state index in [4.69, 9.17) is 25.4 Å². The van der Waals surface area contributed by atoms with Crippen LogP contribution in [-0.2, 0) is 32.5 Å². The van der Waals surface area contributed by atoms with Gasteiger partial charge in [0.25, 0.3) is 5.91 Å². The molecule has 13 nitrogen and oxygen atoms in total. The van der Waals surface area contributed by atoms with E-state index in [0.29, 0.717) is 29.4 Å². The highest BCUT2D eigenvalue weighted by molar-refractivity contribution is 7.53. The maximum Gasteiger partial charge on any atom is 0.421 e. The number of pyridine rings is 1. The van der Waals surface area contributed by atoms with E-state index < -0.39 is 31.1 Å². The number of aryl methyl sites for hydroxylation is 1. The third kappa shape index (κ3) is 7.25. The number of carbonyl (C=O) groups is 1. The van der Waals surface area contributed by atoms with Crippen molar-refractivity contribution < 1.29 is 36.3 Å². The fourth-order valence-corrected chi connectivity index (χ4v) is 6.57. The van der Waals surface area contributed by atoms with Gasteiger partial charge in [-0.2, -0.15) is 23.3 Å². The van der Waals surface area contributed by atoms with Gasteiger partial charge in [0.1, 0.15) is 22.3 Å². The number of halogens is 4. The van der Waals surface area contributed by atoms with Crippen molar-refractivity contribution in [1.29, 1.82) is 0 Å². The van der Waals surface area contributed by atoms with Gasteiger partial charge in [0.05, 0.1) is 55.3 Å². The second kappa shape index (κ2) is 13.6. The molecule has 1 aromatic carbocycles. The normalized spacial score (nSPS) is 16.9. The summed E-state index contributed by atoms with van der Waals surface area (Å²) in [7, 11) is -0.835. The zero-order chi connectivity index (χ0) is 33.1. The van der Waals surface area contributed by atoms with E-state index in [1.165, 1.54) is 37.2 Å². The molecule has 4 aliphatic rings. The van der Waals surface area contributed by atoms with Crippen LogP contribution in [0.25, 0.3) is 11.3 Å². The van der Waals surface area contributed by atoms with Crippen molar-refractivity contribution in [2.75, 3.05) is 38.0 Å². The van der Waals surface area contributed by atoms with E-state index in [2.05, 4.69) is 36.0 Å². The van der Waals surface area contributed by atoms with Crippen LogP contribution in [0, 0.1) is 0 Å². The minimum Gasteiger partial charge on any atom is -0.495 e. The number of methoxy groups -OCH3 is 1. The van der Waals surface area contributed by atoms with Crippen molar-refractivity contribution in [2.45, 2.75) is 32.2 Å². The Kier molecular flexibility index (Phi) is 9.82. The first-order valence-electron chi connectivity index (χ1n) is 13.9. The number of anilines is 4. The van der Waals surface area contributed by atoms with Crippen molar-refractivity contribution in [2.24, 2.45) is 0 Å². The Morgan fingerprint density at radius 2 is 1.96 bits per heavy atom. The van der Waals surface area contributed by atoms with Crippen LogP contribution in [-0.4, -0.2) is 58.0 Å². The fraction of sp³-hybridized carbons (Fsp3) is 0.321. The summed E-state index contributed by atoms with van der Waals surface area (Å²) in [6.45, 7) is 2.21. The van der Waals surface area contributed by atoms with Crippen molar-refractivity contribution in [3.63, 3.8) is 0 Å². The zero-order valence-corrected chi connectivity index (χ0v) is 26.5. The minimum absolute atomic E-state index is 0.0540. The Balaban J connectivity index is 1.64. The zero-order valence-electron chi connectivity index (χ0n) is 24.8. The lowest BCUT2D eigenvalue weighted by Crippen LogP contribution is -2.21. The van der Waals surface area contributed by atoms with Crippen LogP contribution in [0.5, 0.6) is 5.75 Å². The predicted octanol–water partition coefficient (Wildman–Crippen LogP) is 6.41. The fourth-order valence-electron chi connectivity index (χ4n) is 4.60. The summed E-state index contributed by atoms with van der Waals surface area (Å²) in [5, 5.41) is 12.4. The molecule has 0 aliphatic carbocycles. The largest absolute Gasteiger partial charge is 0.495 e. The van der Waals surface area contributed by atoms with Crippen molar-refractivity contribution in [3.05, 3.63) is 64.7 Å². The van der Waals surface area contributed by atoms with Crippen molar-refractivity contribution in [1.82, 2.24) is 30.0 Å². The summed E-state index contributed by atoms with van der Waals surface area (Å²) >= 11 is 6.61. The second-order valence-electron chi connectivity index (χ2n) is 9.86. The van der Waals surface area contributed by atoms with Gasteiger partial charge < -0.3 is 29.7 Å². The lowest BCUT2D eigenvalue weighted by atomic mass is 10.1. The van der Waals surface area contributed by atoms with E-state index in [0.717, 1.165) is 0 Å². The SMILES string of the molecule is CCO[P@]1(=O)Cc2ccc(c(OC)c2)Nc2ncc(C(F)(F)F)c(n2)Nc2ccc(nc2C(=O)NC)-c2cnn(c2Cl)CCCO1. The van der Waals surface area contributed by atoms with Crippen LogP contribution >= 0.6 is 19.2 Å². The molecule has 4 aromatic rings. The number of hydrogen-bond acceptors (Lipinski definition) is 11. The average Bonchev–Trinajstić information content (AvgIpc) is 3.38. The lowest BCUT2D eigenvalue weighted by Gasteiger charge is -2.19. The third-order valence-electron chi connectivity index (χ3n) is 6.75. The monoisotopic (exact) mass is 680 g/mol. The number of benzene rings is 1. The summed E-state index contributed by atoms with van der Waals surface area (Å²) in [5.41, 5.74) is 0.0507. The first-order chi connectivity index (χ1) is 21.9. The molecule has 244 valence electrons. The highest BCUT2D eigenvalue weighted by atomic mass is 35.5. The van der Waals surface area contributed by atoms with Gasteiger partial charge in [0.2, 0.25) is 5.95 Å². The molecular formula is C28H29ClF3N8O5P. The molecule has 1 amide bonds. The Morgan fingerprint density at radius 1 is 1.17 bits per heavy atom. The number of ether oxygens (including phenoxy) is 1. The van der Waals surface area contributed by atoms with Crippen LogP contribution in [0.15, 0.2) is 42.7 Å². The summed E-state index contributed by atoms with van der Waals surface area (Å²) in [6, 6.07) is 7.69. The molecule has 0 fully saturated rings. The van der Waals surface area contributed by atoms with Gasteiger partial charge in [-0.1, -0.05) is 17.7 Å². The molecule has 0 saturated carbocycles. The number of hydrogen-bond donors (Lipinski definition) is 3. The molecule has 18 heteroatoms. The molecule has 8 rings (SSSR count). The molecule has 1 atom stereocenters. The second-order valence-corrected chi connectivity index (χ2v) is 12.3. The predicted molar refractivity (Wildman–Crippen MR) is 164 cm³/mol. The summed E-state index contributed by atoms with van der Waals surface area (Å²) < 4.78 is 74.0. The van der Waals surface area contributed by atoms with Crippen molar-refractivity contribution in [3.8, 4) is 17.0 Å². The molecule has 0 spiro atoms. The molecule has 8 bridgehead atoms. The molecule has 0 radical (unpaired) electrons. The Hall–Kier alpha value is -4.24. The molecule has 0 saturated heterocycles. The third-order valence-corrected chi connectivity index (χ3v) is 9.13. The Bertz CT molecular complexity index is 1810. The van der Waals surface area contributed by atoms with E-state index in [-0.39, 0.29) is 59.8 Å². The van der Waals surface area contributed by atoms with E-state index in [9.17, 15) is 22.5 Å². The van der Waals surface area contributed by atoms with Crippen LogP contribution < -0.4 is 20.7 Å². The Labute approximate surface area is 266 Å². The maximum atomic E-state index is 14.1. The quantitative estimate of drug-likeness (QED) is 0.205. The summed E-state index contributed by atoms with van der Waals surface area (Å²) in [5.74, 6) is -1.25. The molecule has 7 heterocycles. The van der Waals surface area contributed by atoms with Crippen LogP contribution in [0.1, 0.15) is 35.0 Å². The van der Waals surface area contributed by atoms with Gasteiger partial charge in [-0.3, -0.25) is 14.0 Å². The average molecular weight is 681 g/mol. The maximum absolute atomic E-state index is 14.1. The number of carbonyl (C=O) groups excluding carboxylic acids is 1. The first kappa shape index (κ1) is 33.1. The standard InChI is InChI=1S/C28H29ClF3N8O5P/c1-4-44-46(42)15-16-6-7-20(22(12-16)43-3)38-27-34-14-18(28(30,31)32)25(39-27)37-21-9-8-19(36-23(21)26(41)33-2)17-13-35-40(24(17)29)10-5-11-45-46/h6-9,12-14H,4-5,10-11,15H2,1-3H3,(H,33,41)(H2,34,37,38,39)/t46-/m1/s1. The lowest BCUT2D eigenvalue weighted by molar-refractivity contribution is -0.137. The summed E-state index contributed by atoms with van der Waals surface area (Å²) in [6.07, 6.45) is -2.46. The van der Waals surface area contributed by atoms with Gasteiger partial charge >= 0.3 is 13.8 Å². The number of nitrogens with one attached hydrogen (secondary N) is 3. The summed E-state index contributed by atoms with van der Waals surface area (Å²) in [4.78, 5) is 25.2. The number of rotatable bonds is 4. The number of amides is 1. The van der Waals surface area contributed by atoms with Gasteiger partial charge in [-0.05, 0) is 43.2 Å². The van der Waals surface area contributed by atoms with E-state index >= 15 is 0 Å². The highest BCUT2D eigenvalue weighted by Crippen LogP contribution is 2.52. The molecule has 4 aliphatic heterocycles. The van der Waals surface area contributed by atoms with Crippen LogP contribution in [0.2, 0.25) is 5.15 Å². The van der Waals surface area contributed by atoms with Gasteiger partial charge in [-0.15, -0.1) is 0 Å². The molecule has 3 N–H and O–H groups in total. The van der Waals surface area contributed by atoms with Crippen LogP contribution in [0.3, 0.4) is 0 Å². The number of alkyl halides is 3. The van der Waals surface area contributed by atoms with Crippen molar-refractivity contribution >= 4 is 48.2 Å². The van der Waals surface area contributed by atoms with E-state index in [1.807, 2.05) is 0 Å². The molecular weight excluding hydrogens is 652 g/mol. The smallest absolute Gasteiger partial charge is 0.421 e. The van der Waals surface area contributed by atoms with E-state index in [1.54, 1.807) is 25.1 Å².